The average Bonchev–Trinajstić information content (AvgIpc) is 2.90. The van der Waals surface area contributed by atoms with Crippen LogP contribution in [-0.2, 0) is 19.4 Å². The van der Waals surface area contributed by atoms with Gasteiger partial charge in [0.25, 0.3) is 0 Å². The predicted molar refractivity (Wildman–Crippen MR) is 77.4 cm³/mol. The molecule has 120 valence electrons. The number of carboxylic acid groups (broad SMARTS) is 1. The van der Waals surface area contributed by atoms with Crippen LogP contribution < -0.4 is 5.32 Å². The molecule has 0 radical (unpaired) electrons. The molecule has 7 heteroatoms. The lowest BCUT2D eigenvalue weighted by Crippen LogP contribution is -2.50. The van der Waals surface area contributed by atoms with Gasteiger partial charge < -0.3 is 10.4 Å². The van der Waals surface area contributed by atoms with Crippen molar-refractivity contribution in [2.24, 2.45) is 17.8 Å². The molecule has 0 bridgehead atoms. The summed E-state index contributed by atoms with van der Waals surface area (Å²) in [5.74, 6) is -2.18. The minimum absolute atomic E-state index is 0.0621. The van der Waals surface area contributed by atoms with Crippen molar-refractivity contribution in [3.05, 3.63) is 0 Å². The van der Waals surface area contributed by atoms with Crippen LogP contribution in [0.1, 0.15) is 39.5 Å². The highest BCUT2D eigenvalue weighted by molar-refractivity contribution is 7.91. The summed E-state index contributed by atoms with van der Waals surface area (Å²) in [4.78, 5) is 23.7. The normalized spacial score (nSPS) is 38.3. The Balaban J connectivity index is 2.07. The number of carboxylic acids is 1. The van der Waals surface area contributed by atoms with Crippen molar-refractivity contribution < 1.29 is 23.1 Å². The second kappa shape index (κ2) is 5.59. The first-order valence-corrected chi connectivity index (χ1v) is 9.23. The van der Waals surface area contributed by atoms with E-state index in [0.29, 0.717) is 19.3 Å². The van der Waals surface area contributed by atoms with Gasteiger partial charge in [-0.1, -0.05) is 13.3 Å². The van der Waals surface area contributed by atoms with E-state index in [1.807, 2.05) is 6.92 Å². The van der Waals surface area contributed by atoms with E-state index in [4.69, 9.17) is 0 Å². The predicted octanol–water partition coefficient (Wildman–Crippen LogP) is 0.817. The van der Waals surface area contributed by atoms with Crippen LogP contribution in [-0.4, -0.2) is 42.4 Å². The number of sulfone groups is 1. The van der Waals surface area contributed by atoms with Crippen molar-refractivity contribution in [3.63, 3.8) is 0 Å². The average molecular weight is 317 g/mol. The van der Waals surface area contributed by atoms with Crippen LogP contribution >= 0.6 is 0 Å². The number of hydrogen-bond donors (Lipinski definition) is 2. The SMILES string of the molecule is CCC1C[C@H](C(=O)NC2(C)CCS(=O)(=O)C2)[C@H](C(=O)O)C1. The number of aliphatic carboxylic acids is 1. The molecule has 0 aromatic carbocycles. The second-order valence-electron chi connectivity index (χ2n) is 6.69. The Hall–Kier alpha value is -1.11. The number of nitrogens with one attached hydrogen (secondary N) is 1. The third-order valence-corrected chi connectivity index (χ3v) is 6.72. The Labute approximate surface area is 125 Å². The van der Waals surface area contributed by atoms with Gasteiger partial charge in [0.05, 0.1) is 28.9 Å². The summed E-state index contributed by atoms with van der Waals surface area (Å²) in [6, 6.07) is 0. The Morgan fingerprint density at radius 3 is 2.38 bits per heavy atom. The lowest BCUT2D eigenvalue weighted by Gasteiger charge is -2.27. The summed E-state index contributed by atoms with van der Waals surface area (Å²) in [5, 5.41) is 12.1. The van der Waals surface area contributed by atoms with Crippen molar-refractivity contribution in [3.8, 4) is 0 Å². The van der Waals surface area contributed by atoms with Crippen LogP contribution in [0.2, 0.25) is 0 Å². The number of rotatable bonds is 4. The number of amides is 1. The van der Waals surface area contributed by atoms with Crippen LogP contribution in [0.25, 0.3) is 0 Å². The maximum atomic E-state index is 12.4. The van der Waals surface area contributed by atoms with E-state index in [-0.39, 0.29) is 23.3 Å². The molecule has 1 aliphatic carbocycles. The maximum absolute atomic E-state index is 12.4. The number of hydrogen-bond acceptors (Lipinski definition) is 4. The Morgan fingerprint density at radius 1 is 1.29 bits per heavy atom. The molecule has 1 saturated heterocycles. The summed E-state index contributed by atoms with van der Waals surface area (Å²) < 4.78 is 23.1. The van der Waals surface area contributed by atoms with Crippen molar-refractivity contribution >= 4 is 21.7 Å². The van der Waals surface area contributed by atoms with E-state index in [1.165, 1.54) is 0 Å². The molecule has 2 aliphatic rings. The van der Waals surface area contributed by atoms with E-state index in [2.05, 4.69) is 5.32 Å². The molecule has 1 saturated carbocycles. The van der Waals surface area contributed by atoms with E-state index in [9.17, 15) is 23.1 Å². The molecule has 0 aromatic heterocycles. The molecular weight excluding hydrogens is 294 g/mol. The van der Waals surface area contributed by atoms with E-state index >= 15 is 0 Å². The quantitative estimate of drug-likeness (QED) is 0.799. The molecule has 0 spiro atoms. The Morgan fingerprint density at radius 2 is 1.90 bits per heavy atom. The minimum Gasteiger partial charge on any atom is -0.481 e. The third kappa shape index (κ3) is 3.56. The molecule has 1 amide bonds. The lowest BCUT2D eigenvalue weighted by molar-refractivity contribution is -0.146. The van der Waals surface area contributed by atoms with Crippen molar-refractivity contribution in [2.75, 3.05) is 11.5 Å². The molecule has 21 heavy (non-hydrogen) atoms. The van der Waals surface area contributed by atoms with Crippen molar-refractivity contribution in [1.82, 2.24) is 5.32 Å². The zero-order chi connectivity index (χ0) is 15.8. The van der Waals surface area contributed by atoms with Crippen LogP contribution in [0.4, 0.5) is 0 Å². The fourth-order valence-corrected chi connectivity index (χ4v) is 5.63. The van der Waals surface area contributed by atoms with E-state index < -0.39 is 33.2 Å². The van der Waals surface area contributed by atoms with Gasteiger partial charge in [-0.05, 0) is 32.1 Å². The highest BCUT2D eigenvalue weighted by Gasteiger charge is 2.45. The summed E-state index contributed by atoms with van der Waals surface area (Å²) in [5.41, 5.74) is -0.761. The first-order valence-electron chi connectivity index (χ1n) is 7.41. The molecule has 2 N–H and O–H groups in total. The summed E-state index contributed by atoms with van der Waals surface area (Å²) in [6.07, 6.45) is 2.35. The lowest BCUT2D eigenvalue weighted by atomic mass is 9.93. The van der Waals surface area contributed by atoms with Crippen LogP contribution in [0.3, 0.4) is 0 Å². The molecule has 2 unspecified atom stereocenters. The van der Waals surface area contributed by atoms with Gasteiger partial charge in [-0.25, -0.2) is 8.42 Å². The molecule has 1 aliphatic heterocycles. The summed E-state index contributed by atoms with van der Waals surface area (Å²) in [7, 11) is -3.10. The zero-order valence-electron chi connectivity index (χ0n) is 12.5. The second-order valence-corrected chi connectivity index (χ2v) is 8.87. The molecular formula is C14H23NO5S. The molecule has 4 atom stereocenters. The van der Waals surface area contributed by atoms with Crippen molar-refractivity contribution in [2.45, 2.75) is 45.1 Å². The summed E-state index contributed by atoms with van der Waals surface area (Å²) in [6.45, 7) is 3.71. The molecule has 0 aromatic rings. The fourth-order valence-electron chi connectivity index (χ4n) is 3.54. The molecule has 2 rings (SSSR count). The fraction of sp³-hybridized carbons (Fsp3) is 0.857. The topological polar surface area (TPSA) is 101 Å². The largest absolute Gasteiger partial charge is 0.481 e. The van der Waals surface area contributed by atoms with Gasteiger partial charge in [0.1, 0.15) is 0 Å². The first-order chi connectivity index (χ1) is 9.66. The van der Waals surface area contributed by atoms with Gasteiger partial charge in [0, 0.05) is 0 Å². The maximum Gasteiger partial charge on any atom is 0.307 e. The van der Waals surface area contributed by atoms with Gasteiger partial charge in [-0.15, -0.1) is 0 Å². The molecule has 6 nitrogen and oxygen atoms in total. The van der Waals surface area contributed by atoms with Gasteiger partial charge in [-0.3, -0.25) is 9.59 Å². The highest BCUT2D eigenvalue weighted by atomic mass is 32.2. The molecule has 1 heterocycles. The van der Waals surface area contributed by atoms with Crippen molar-refractivity contribution in [1.29, 1.82) is 0 Å². The zero-order valence-corrected chi connectivity index (χ0v) is 13.3. The van der Waals surface area contributed by atoms with Crippen LogP contribution in [0.5, 0.6) is 0 Å². The minimum atomic E-state index is -3.10. The highest BCUT2D eigenvalue weighted by Crippen LogP contribution is 2.39. The Bertz CT molecular complexity index is 544. The smallest absolute Gasteiger partial charge is 0.307 e. The third-order valence-electron chi connectivity index (χ3n) is 4.82. The van der Waals surface area contributed by atoms with E-state index in [0.717, 1.165) is 6.42 Å². The van der Waals surface area contributed by atoms with Gasteiger partial charge >= 0.3 is 5.97 Å². The monoisotopic (exact) mass is 317 g/mol. The van der Waals surface area contributed by atoms with Gasteiger partial charge in [0.15, 0.2) is 9.84 Å². The van der Waals surface area contributed by atoms with E-state index in [1.54, 1.807) is 6.92 Å². The number of carbonyl (C=O) groups is 2. The standard InChI is InChI=1S/C14H23NO5S/c1-3-9-6-10(11(7-9)13(17)18)12(16)15-14(2)4-5-21(19,20)8-14/h9-11H,3-8H2,1-2H3,(H,15,16)(H,17,18)/t9?,10-,11+,14?/m0/s1. The van der Waals surface area contributed by atoms with Gasteiger partial charge in [-0.2, -0.15) is 0 Å². The molecule has 2 fully saturated rings. The van der Waals surface area contributed by atoms with Crippen LogP contribution in [0.15, 0.2) is 0 Å². The number of carbonyl (C=O) groups excluding carboxylic acids is 1. The Kier molecular flexibility index (Phi) is 4.33. The van der Waals surface area contributed by atoms with Gasteiger partial charge in [0.2, 0.25) is 5.91 Å². The summed E-state index contributed by atoms with van der Waals surface area (Å²) >= 11 is 0. The van der Waals surface area contributed by atoms with Crippen LogP contribution in [0, 0.1) is 17.8 Å². The first kappa shape index (κ1) is 16.3.